The Morgan fingerprint density at radius 1 is 1.29 bits per heavy atom. The lowest BCUT2D eigenvalue weighted by Crippen LogP contribution is -2.57. The molecule has 0 amide bonds. The van der Waals surface area contributed by atoms with Gasteiger partial charge in [-0.3, -0.25) is 10.1 Å². The summed E-state index contributed by atoms with van der Waals surface area (Å²) in [5, 5.41) is 14.2. The van der Waals surface area contributed by atoms with Crippen LogP contribution in [0.1, 0.15) is 25.7 Å². The van der Waals surface area contributed by atoms with Crippen LogP contribution in [0.3, 0.4) is 0 Å². The van der Waals surface area contributed by atoms with Crippen molar-refractivity contribution in [2.75, 3.05) is 5.75 Å². The van der Waals surface area contributed by atoms with Gasteiger partial charge in [-0.1, -0.05) is 23.2 Å². The molecule has 0 radical (unpaired) electrons. The minimum atomic E-state index is -0.808. The molecule has 1 unspecified atom stereocenters. The van der Waals surface area contributed by atoms with Crippen molar-refractivity contribution in [1.82, 2.24) is 5.32 Å². The molecule has 2 saturated carbocycles. The van der Waals surface area contributed by atoms with E-state index >= 15 is 0 Å². The summed E-state index contributed by atoms with van der Waals surface area (Å²) in [6.45, 7) is 0. The maximum absolute atomic E-state index is 11.9. The molecule has 0 bridgehead atoms. The second-order valence-corrected chi connectivity index (χ2v) is 7.70. The first-order valence-electron chi connectivity index (χ1n) is 7.10. The van der Waals surface area contributed by atoms with Gasteiger partial charge >= 0.3 is 5.97 Å². The lowest BCUT2D eigenvalue weighted by Gasteiger charge is -2.30. The molecule has 6 heteroatoms. The second kappa shape index (κ2) is 5.99. The van der Waals surface area contributed by atoms with E-state index in [9.17, 15) is 9.90 Å². The second-order valence-electron chi connectivity index (χ2n) is 5.83. The van der Waals surface area contributed by atoms with E-state index in [2.05, 4.69) is 5.32 Å². The first-order chi connectivity index (χ1) is 10.0. The molecule has 2 fully saturated rings. The number of thioether (sulfide) groups is 1. The van der Waals surface area contributed by atoms with Gasteiger partial charge in [0.15, 0.2) is 0 Å². The molecule has 1 aromatic carbocycles. The van der Waals surface area contributed by atoms with E-state index < -0.39 is 11.5 Å². The molecule has 2 N–H and O–H groups in total. The zero-order valence-electron chi connectivity index (χ0n) is 11.4. The van der Waals surface area contributed by atoms with E-state index in [0.717, 1.165) is 30.6 Å². The Kier molecular flexibility index (Phi) is 4.42. The van der Waals surface area contributed by atoms with Gasteiger partial charge in [-0.25, -0.2) is 0 Å². The van der Waals surface area contributed by atoms with E-state index in [-0.39, 0.29) is 5.92 Å². The number of carboxylic acid groups (broad SMARTS) is 1. The fourth-order valence-corrected chi connectivity index (χ4v) is 4.07. The van der Waals surface area contributed by atoms with Crippen molar-refractivity contribution in [3.63, 3.8) is 0 Å². The largest absolute Gasteiger partial charge is 0.480 e. The molecular weight excluding hydrogens is 329 g/mol. The van der Waals surface area contributed by atoms with Gasteiger partial charge in [0.25, 0.3) is 0 Å². The molecule has 1 aromatic rings. The summed E-state index contributed by atoms with van der Waals surface area (Å²) in [4.78, 5) is 12.8. The molecule has 1 atom stereocenters. The monoisotopic (exact) mass is 345 g/mol. The highest BCUT2D eigenvalue weighted by molar-refractivity contribution is 7.99. The van der Waals surface area contributed by atoms with Crippen LogP contribution in [0.5, 0.6) is 0 Å². The molecule has 21 heavy (non-hydrogen) atoms. The summed E-state index contributed by atoms with van der Waals surface area (Å²) >= 11 is 13.5. The number of carboxylic acids is 1. The maximum Gasteiger partial charge on any atom is 0.325 e. The lowest BCUT2D eigenvalue weighted by atomic mass is 9.95. The van der Waals surface area contributed by atoms with Gasteiger partial charge in [0.1, 0.15) is 5.54 Å². The van der Waals surface area contributed by atoms with Crippen molar-refractivity contribution in [1.29, 1.82) is 0 Å². The predicted molar refractivity (Wildman–Crippen MR) is 86.4 cm³/mol. The Morgan fingerprint density at radius 2 is 2.00 bits per heavy atom. The lowest BCUT2D eigenvalue weighted by molar-refractivity contribution is -0.145. The van der Waals surface area contributed by atoms with Crippen molar-refractivity contribution in [3.8, 4) is 0 Å². The zero-order chi connectivity index (χ0) is 15.0. The van der Waals surface area contributed by atoms with E-state index in [1.807, 2.05) is 6.07 Å². The van der Waals surface area contributed by atoms with Crippen LogP contribution in [0.25, 0.3) is 0 Å². The third kappa shape index (κ3) is 3.50. The Morgan fingerprint density at radius 3 is 2.52 bits per heavy atom. The summed E-state index contributed by atoms with van der Waals surface area (Å²) in [7, 11) is 0. The highest BCUT2D eigenvalue weighted by Crippen LogP contribution is 2.44. The minimum Gasteiger partial charge on any atom is -0.480 e. The van der Waals surface area contributed by atoms with Gasteiger partial charge in [-0.15, -0.1) is 11.8 Å². The van der Waals surface area contributed by atoms with Crippen LogP contribution >= 0.6 is 35.0 Å². The number of aliphatic carboxylic acids is 1. The predicted octanol–water partition coefficient (Wildman–Crippen LogP) is 4.07. The van der Waals surface area contributed by atoms with Gasteiger partial charge in [-0.05, 0) is 49.8 Å². The molecule has 0 aliphatic heterocycles. The summed E-state index contributed by atoms with van der Waals surface area (Å²) < 4.78 is 0. The van der Waals surface area contributed by atoms with Gasteiger partial charge in [0.05, 0.1) is 10.0 Å². The van der Waals surface area contributed by atoms with Crippen LogP contribution in [0, 0.1) is 5.92 Å². The minimum absolute atomic E-state index is 0.242. The standard InChI is InChI=1S/C15H17Cl2NO2S/c16-12-6-5-11(7-13(12)17)21-8-15(14(19)20,9-1-2-9)18-10-3-4-10/h5-7,9-10,18H,1-4,8H2,(H,19,20). The Balaban J connectivity index is 1.74. The van der Waals surface area contributed by atoms with Crippen LogP contribution < -0.4 is 5.32 Å². The Bertz CT molecular complexity index is 561. The normalized spacial score (nSPS) is 21.0. The Labute approximate surface area is 138 Å². The first kappa shape index (κ1) is 15.5. The average Bonchev–Trinajstić information content (AvgIpc) is 3.31. The molecule has 114 valence electrons. The highest BCUT2D eigenvalue weighted by Gasteiger charge is 2.53. The maximum atomic E-state index is 11.9. The number of halogens is 2. The van der Waals surface area contributed by atoms with Crippen LogP contribution in [0.4, 0.5) is 0 Å². The number of benzene rings is 1. The van der Waals surface area contributed by atoms with E-state index in [0.29, 0.717) is 21.8 Å². The summed E-state index contributed by atoms with van der Waals surface area (Å²) in [6, 6.07) is 5.80. The van der Waals surface area contributed by atoms with E-state index in [4.69, 9.17) is 23.2 Å². The van der Waals surface area contributed by atoms with Crippen LogP contribution in [0.2, 0.25) is 10.0 Å². The van der Waals surface area contributed by atoms with Crippen molar-refractivity contribution in [2.24, 2.45) is 5.92 Å². The van der Waals surface area contributed by atoms with Crippen LogP contribution in [-0.4, -0.2) is 28.4 Å². The SMILES string of the molecule is O=C(O)C(CSc1ccc(Cl)c(Cl)c1)(NC1CC1)C1CC1. The number of carbonyl (C=O) groups is 1. The first-order valence-corrected chi connectivity index (χ1v) is 8.84. The molecule has 2 aliphatic carbocycles. The molecule has 0 aromatic heterocycles. The summed E-state index contributed by atoms with van der Waals surface area (Å²) in [5.74, 6) is 0.0249. The smallest absolute Gasteiger partial charge is 0.325 e. The van der Waals surface area contributed by atoms with E-state index in [1.165, 1.54) is 11.8 Å². The molecular formula is C15H17Cl2NO2S. The highest BCUT2D eigenvalue weighted by atomic mass is 35.5. The topological polar surface area (TPSA) is 49.3 Å². The van der Waals surface area contributed by atoms with Crippen molar-refractivity contribution < 1.29 is 9.90 Å². The third-order valence-corrected chi connectivity index (χ3v) is 5.98. The average molecular weight is 346 g/mol. The quantitative estimate of drug-likeness (QED) is 0.731. The Hall–Kier alpha value is -0.420. The van der Waals surface area contributed by atoms with Gasteiger partial charge in [0, 0.05) is 16.7 Å². The van der Waals surface area contributed by atoms with Crippen molar-refractivity contribution in [3.05, 3.63) is 28.2 Å². The van der Waals surface area contributed by atoms with Crippen LogP contribution in [-0.2, 0) is 4.79 Å². The molecule has 0 saturated heterocycles. The fourth-order valence-electron chi connectivity index (χ4n) is 2.51. The molecule has 0 heterocycles. The third-order valence-electron chi connectivity index (χ3n) is 4.05. The summed E-state index contributed by atoms with van der Waals surface area (Å²) in [5.41, 5.74) is -0.808. The van der Waals surface area contributed by atoms with Crippen LogP contribution in [0.15, 0.2) is 23.1 Å². The van der Waals surface area contributed by atoms with E-state index in [1.54, 1.807) is 12.1 Å². The molecule has 2 aliphatic rings. The summed E-state index contributed by atoms with van der Waals surface area (Å²) in [6.07, 6.45) is 4.15. The molecule has 0 spiro atoms. The number of hydrogen-bond acceptors (Lipinski definition) is 3. The number of nitrogens with one attached hydrogen (secondary N) is 1. The molecule has 3 rings (SSSR count). The zero-order valence-corrected chi connectivity index (χ0v) is 13.8. The van der Waals surface area contributed by atoms with Crippen molar-refractivity contribution >= 4 is 40.9 Å². The van der Waals surface area contributed by atoms with Gasteiger partial charge in [0.2, 0.25) is 0 Å². The van der Waals surface area contributed by atoms with Crippen molar-refractivity contribution in [2.45, 2.75) is 42.2 Å². The van der Waals surface area contributed by atoms with Gasteiger partial charge < -0.3 is 5.11 Å². The molecule has 3 nitrogen and oxygen atoms in total. The fraction of sp³-hybridized carbons (Fsp3) is 0.533. The number of rotatable bonds is 7. The van der Waals surface area contributed by atoms with Gasteiger partial charge in [-0.2, -0.15) is 0 Å². The number of hydrogen-bond donors (Lipinski definition) is 2.